The quantitative estimate of drug-likeness (QED) is 0.176. The molecule has 47 heavy (non-hydrogen) atoms. The van der Waals surface area contributed by atoms with E-state index in [9.17, 15) is 0 Å². The van der Waals surface area contributed by atoms with Gasteiger partial charge in [-0.25, -0.2) is 0 Å². The summed E-state index contributed by atoms with van der Waals surface area (Å²) in [6, 6.07) is 71.8. The van der Waals surface area contributed by atoms with Crippen LogP contribution in [0.4, 0.5) is 17.1 Å². The Labute approximate surface area is 276 Å². The van der Waals surface area contributed by atoms with Crippen molar-refractivity contribution < 1.29 is 0 Å². The van der Waals surface area contributed by atoms with Gasteiger partial charge in [-0.05, 0) is 74.5 Å². The topological polar surface area (TPSA) is 3.24 Å². The molecule has 0 N–H and O–H groups in total. The van der Waals surface area contributed by atoms with Crippen LogP contribution in [0.15, 0.2) is 200 Å². The van der Waals surface area contributed by atoms with Gasteiger partial charge in [-0.3, -0.25) is 0 Å². The molecule has 0 aliphatic heterocycles. The van der Waals surface area contributed by atoms with E-state index in [-0.39, 0.29) is 0 Å². The molecule has 1 heteroatoms. The fraction of sp³-hybridized carbons (Fsp3) is 0. The van der Waals surface area contributed by atoms with Crippen molar-refractivity contribution in [3.8, 4) is 44.5 Å². The van der Waals surface area contributed by atoms with Gasteiger partial charge in [0.2, 0.25) is 0 Å². The Morgan fingerprint density at radius 1 is 0.277 bits per heavy atom. The summed E-state index contributed by atoms with van der Waals surface area (Å²) in [4.78, 5) is 2.40. The third kappa shape index (κ3) is 5.60. The maximum atomic E-state index is 2.40. The van der Waals surface area contributed by atoms with Gasteiger partial charge >= 0.3 is 0 Å². The zero-order valence-corrected chi connectivity index (χ0v) is 26.0. The molecule has 0 saturated carbocycles. The van der Waals surface area contributed by atoms with Crippen molar-refractivity contribution in [2.45, 2.75) is 0 Å². The molecule has 222 valence electrons. The highest BCUT2D eigenvalue weighted by Crippen LogP contribution is 2.45. The van der Waals surface area contributed by atoms with Crippen LogP contribution in [-0.4, -0.2) is 0 Å². The lowest BCUT2D eigenvalue weighted by Crippen LogP contribution is -2.12. The van der Waals surface area contributed by atoms with Crippen molar-refractivity contribution >= 4 is 27.8 Å². The van der Waals surface area contributed by atoms with E-state index >= 15 is 0 Å². The fourth-order valence-corrected chi connectivity index (χ4v) is 6.62. The molecule has 0 radical (unpaired) electrons. The first-order valence-corrected chi connectivity index (χ1v) is 16.1. The predicted octanol–water partition coefficient (Wildman–Crippen LogP) is 13.0. The monoisotopic (exact) mass is 599 g/mol. The second kappa shape index (κ2) is 12.7. The van der Waals surface area contributed by atoms with Gasteiger partial charge in [0.15, 0.2) is 0 Å². The number of nitrogens with zero attached hydrogens (tertiary/aromatic N) is 1. The van der Waals surface area contributed by atoms with Crippen LogP contribution >= 0.6 is 0 Å². The minimum Gasteiger partial charge on any atom is -0.309 e. The second-order valence-electron chi connectivity index (χ2n) is 11.8. The largest absolute Gasteiger partial charge is 0.309 e. The molecule has 0 heterocycles. The van der Waals surface area contributed by atoms with E-state index in [4.69, 9.17) is 0 Å². The highest BCUT2D eigenvalue weighted by Gasteiger charge is 2.20. The molecule has 0 fully saturated rings. The van der Waals surface area contributed by atoms with Gasteiger partial charge in [0.1, 0.15) is 0 Å². The van der Waals surface area contributed by atoms with E-state index in [2.05, 4.69) is 205 Å². The maximum absolute atomic E-state index is 2.40. The Kier molecular flexibility index (Phi) is 7.63. The Bertz CT molecular complexity index is 2200. The molecule has 8 aromatic carbocycles. The number of rotatable bonds is 7. The molecule has 0 atom stereocenters. The average Bonchev–Trinajstić information content (AvgIpc) is 3.16. The lowest BCUT2D eigenvalue weighted by molar-refractivity contribution is 1.28. The first-order valence-electron chi connectivity index (χ1n) is 16.1. The number of fused-ring (bicyclic) bond motifs is 1. The third-order valence-corrected chi connectivity index (χ3v) is 8.88. The predicted molar refractivity (Wildman–Crippen MR) is 200 cm³/mol. The number of benzene rings is 8. The van der Waals surface area contributed by atoms with Crippen molar-refractivity contribution in [3.05, 3.63) is 200 Å². The molecule has 0 saturated heterocycles. The summed E-state index contributed by atoms with van der Waals surface area (Å²) >= 11 is 0. The van der Waals surface area contributed by atoms with Crippen molar-refractivity contribution in [1.82, 2.24) is 0 Å². The number of para-hydroxylation sites is 2. The Morgan fingerprint density at radius 2 is 0.745 bits per heavy atom. The highest BCUT2D eigenvalue weighted by molar-refractivity contribution is 5.97. The highest BCUT2D eigenvalue weighted by atomic mass is 15.1. The van der Waals surface area contributed by atoms with Crippen LogP contribution in [0.25, 0.3) is 55.3 Å². The summed E-state index contributed by atoms with van der Waals surface area (Å²) in [5.41, 5.74) is 13.0. The standard InChI is InChI=1S/C46H33N/c1-3-15-36(16-4-1)43-24-9-11-27-45(43)47(46-28-12-10-25-44(46)37-17-5-2-6-18-37)40-31-29-34(30-32-40)38-21-13-22-39(33-38)42-26-14-20-35-19-7-8-23-41(35)42/h1-33H. The Hall–Kier alpha value is -6.18. The van der Waals surface area contributed by atoms with E-state index < -0.39 is 0 Å². The minimum atomic E-state index is 1.10. The number of hydrogen-bond donors (Lipinski definition) is 0. The molecule has 0 aliphatic rings. The van der Waals surface area contributed by atoms with Gasteiger partial charge < -0.3 is 4.90 Å². The van der Waals surface area contributed by atoms with Gasteiger partial charge in [0.25, 0.3) is 0 Å². The molecule has 8 aromatic rings. The molecule has 0 spiro atoms. The van der Waals surface area contributed by atoms with E-state index in [1.807, 2.05) is 0 Å². The lowest BCUT2D eigenvalue weighted by atomic mass is 9.95. The molecule has 0 unspecified atom stereocenters. The first-order chi connectivity index (χ1) is 23.3. The van der Waals surface area contributed by atoms with E-state index in [0.29, 0.717) is 0 Å². The second-order valence-corrected chi connectivity index (χ2v) is 11.8. The van der Waals surface area contributed by atoms with Crippen LogP contribution in [0.2, 0.25) is 0 Å². The van der Waals surface area contributed by atoms with Crippen LogP contribution in [-0.2, 0) is 0 Å². The molecule has 0 aliphatic carbocycles. The summed E-state index contributed by atoms with van der Waals surface area (Å²) in [5.74, 6) is 0. The van der Waals surface area contributed by atoms with Crippen LogP contribution in [0.5, 0.6) is 0 Å². The van der Waals surface area contributed by atoms with Crippen LogP contribution < -0.4 is 4.90 Å². The summed E-state index contributed by atoms with van der Waals surface area (Å²) in [7, 11) is 0. The zero-order chi connectivity index (χ0) is 31.4. The maximum Gasteiger partial charge on any atom is 0.0540 e. The van der Waals surface area contributed by atoms with Gasteiger partial charge in [0.05, 0.1) is 11.4 Å². The SMILES string of the molecule is c1ccc(-c2ccccc2N(c2ccc(-c3cccc(-c4cccc5ccccc45)c3)cc2)c2ccccc2-c2ccccc2)cc1. The molecular weight excluding hydrogens is 567 g/mol. The average molecular weight is 600 g/mol. The number of anilines is 3. The first kappa shape index (κ1) is 28.3. The fourth-order valence-electron chi connectivity index (χ4n) is 6.62. The van der Waals surface area contributed by atoms with Gasteiger partial charge in [-0.15, -0.1) is 0 Å². The molecule has 1 nitrogen and oxygen atoms in total. The van der Waals surface area contributed by atoms with Crippen molar-refractivity contribution in [3.63, 3.8) is 0 Å². The van der Waals surface area contributed by atoms with Crippen LogP contribution in [0, 0.1) is 0 Å². The third-order valence-electron chi connectivity index (χ3n) is 8.88. The van der Waals surface area contributed by atoms with Crippen molar-refractivity contribution in [1.29, 1.82) is 0 Å². The Morgan fingerprint density at radius 3 is 1.40 bits per heavy atom. The molecule has 8 rings (SSSR count). The molecule has 0 aromatic heterocycles. The summed E-state index contributed by atoms with van der Waals surface area (Å²) < 4.78 is 0. The lowest BCUT2D eigenvalue weighted by Gasteiger charge is -2.30. The summed E-state index contributed by atoms with van der Waals surface area (Å²) in [5, 5.41) is 2.53. The van der Waals surface area contributed by atoms with Gasteiger partial charge in [-0.2, -0.15) is 0 Å². The zero-order valence-electron chi connectivity index (χ0n) is 26.0. The molecule has 0 bridgehead atoms. The van der Waals surface area contributed by atoms with E-state index in [0.717, 1.165) is 17.1 Å². The Balaban J connectivity index is 1.25. The molecule has 0 amide bonds. The smallest absolute Gasteiger partial charge is 0.0540 e. The normalized spacial score (nSPS) is 11.0. The van der Waals surface area contributed by atoms with E-state index in [1.54, 1.807) is 0 Å². The summed E-state index contributed by atoms with van der Waals surface area (Å²) in [6.07, 6.45) is 0. The van der Waals surface area contributed by atoms with Crippen molar-refractivity contribution in [2.24, 2.45) is 0 Å². The minimum absolute atomic E-state index is 1.10. The molecular formula is C46H33N. The van der Waals surface area contributed by atoms with Crippen LogP contribution in [0.1, 0.15) is 0 Å². The van der Waals surface area contributed by atoms with E-state index in [1.165, 1.54) is 55.3 Å². The summed E-state index contributed by atoms with van der Waals surface area (Å²) in [6.45, 7) is 0. The van der Waals surface area contributed by atoms with Crippen molar-refractivity contribution in [2.75, 3.05) is 4.90 Å². The number of hydrogen-bond acceptors (Lipinski definition) is 1. The van der Waals surface area contributed by atoms with Crippen LogP contribution in [0.3, 0.4) is 0 Å². The van der Waals surface area contributed by atoms with Gasteiger partial charge in [0, 0.05) is 16.8 Å². The van der Waals surface area contributed by atoms with Gasteiger partial charge in [-0.1, -0.05) is 170 Å².